The Kier molecular flexibility index (Phi) is 5.92. The highest BCUT2D eigenvalue weighted by Crippen LogP contribution is 2.25. The average molecular weight is 479 g/mol. The number of aryl methyl sites for hydroxylation is 2. The molecule has 2 heterocycles. The van der Waals surface area contributed by atoms with Crippen molar-refractivity contribution < 1.29 is 4.79 Å². The van der Waals surface area contributed by atoms with E-state index in [2.05, 4.69) is 55.2 Å². The van der Waals surface area contributed by atoms with Gasteiger partial charge in [0, 0.05) is 34.3 Å². The molecule has 0 fully saturated rings. The minimum Gasteiger partial charge on any atom is -0.325 e. The van der Waals surface area contributed by atoms with Gasteiger partial charge in [-0.2, -0.15) is 0 Å². The van der Waals surface area contributed by atoms with Gasteiger partial charge in [-0.3, -0.25) is 9.78 Å². The van der Waals surface area contributed by atoms with Gasteiger partial charge in [0.25, 0.3) is 0 Å². The number of hydrogen-bond donors (Lipinski definition) is 1. The number of aromatic nitrogens is 4. The van der Waals surface area contributed by atoms with Crippen molar-refractivity contribution >= 4 is 45.9 Å². The number of hydrogen-bond acceptors (Lipinski definition) is 5. The van der Waals surface area contributed by atoms with Crippen molar-refractivity contribution in [2.45, 2.75) is 19.0 Å². The van der Waals surface area contributed by atoms with Crippen molar-refractivity contribution in [1.82, 2.24) is 19.7 Å². The number of carbonyl (C=O) groups is 1. The number of amides is 1. The highest BCUT2D eigenvalue weighted by atomic mass is 127. The molecule has 0 aliphatic rings. The lowest BCUT2D eigenvalue weighted by Gasteiger charge is -2.12. The van der Waals surface area contributed by atoms with Crippen LogP contribution in [-0.4, -0.2) is 31.4 Å². The van der Waals surface area contributed by atoms with Crippen LogP contribution in [-0.2, 0) is 11.8 Å². The molecule has 134 valence electrons. The Bertz CT molecular complexity index is 919. The summed E-state index contributed by atoms with van der Waals surface area (Å²) in [5.41, 5.74) is 3.95. The van der Waals surface area contributed by atoms with Crippen LogP contribution in [0, 0.1) is 17.4 Å². The predicted molar refractivity (Wildman–Crippen MR) is 112 cm³/mol. The fourth-order valence-electron chi connectivity index (χ4n) is 2.61. The van der Waals surface area contributed by atoms with Gasteiger partial charge >= 0.3 is 0 Å². The molecule has 0 saturated carbocycles. The van der Waals surface area contributed by atoms with E-state index < -0.39 is 0 Å². The van der Waals surface area contributed by atoms with Gasteiger partial charge < -0.3 is 9.88 Å². The van der Waals surface area contributed by atoms with Gasteiger partial charge in [-0.25, -0.2) is 0 Å². The molecular formula is C18H18IN5OS. The first kappa shape index (κ1) is 18.8. The molecule has 0 bridgehead atoms. The molecule has 0 saturated heterocycles. The first-order valence-electron chi connectivity index (χ1n) is 7.95. The molecule has 0 spiro atoms. The molecule has 1 N–H and O–H groups in total. The molecule has 26 heavy (non-hydrogen) atoms. The Morgan fingerprint density at radius 1 is 1.19 bits per heavy atom. The maximum atomic E-state index is 12.4. The molecule has 1 aromatic carbocycles. The zero-order chi connectivity index (χ0) is 18.7. The molecular weight excluding hydrogens is 461 g/mol. The highest BCUT2D eigenvalue weighted by Gasteiger charge is 2.14. The van der Waals surface area contributed by atoms with Crippen LogP contribution in [0.3, 0.4) is 0 Å². The van der Waals surface area contributed by atoms with Crippen LogP contribution in [0.1, 0.15) is 11.1 Å². The van der Waals surface area contributed by atoms with E-state index in [4.69, 9.17) is 0 Å². The van der Waals surface area contributed by atoms with Crippen LogP contribution in [0.5, 0.6) is 0 Å². The number of rotatable bonds is 5. The maximum absolute atomic E-state index is 12.4. The van der Waals surface area contributed by atoms with Gasteiger partial charge in [-0.1, -0.05) is 11.8 Å². The second-order valence-electron chi connectivity index (χ2n) is 5.85. The summed E-state index contributed by atoms with van der Waals surface area (Å²) in [5, 5.41) is 12.1. The van der Waals surface area contributed by atoms with Gasteiger partial charge in [-0.15, -0.1) is 10.2 Å². The molecule has 0 atom stereocenters. The summed E-state index contributed by atoms with van der Waals surface area (Å²) in [4.78, 5) is 16.4. The molecule has 1 amide bonds. The molecule has 0 aliphatic carbocycles. The zero-order valence-corrected chi connectivity index (χ0v) is 17.6. The highest BCUT2D eigenvalue weighted by molar-refractivity contribution is 14.1. The predicted octanol–water partition coefficient (Wildman–Crippen LogP) is 3.83. The van der Waals surface area contributed by atoms with E-state index in [9.17, 15) is 4.79 Å². The third-order valence-electron chi connectivity index (χ3n) is 3.87. The van der Waals surface area contributed by atoms with Crippen molar-refractivity contribution in [2.24, 2.45) is 7.05 Å². The summed E-state index contributed by atoms with van der Waals surface area (Å²) in [5.74, 6) is 0.961. The standard InChI is InChI=1S/C18H18IN5OS/c1-11-8-14(19)9-12(2)16(11)21-15(25)10-26-18-23-22-17(24(18)3)13-4-6-20-7-5-13/h4-9H,10H2,1-3H3,(H,21,25). The summed E-state index contributed by atoms with van der Waals surface area (Å²) in [6.45, 7) is 4.00. The Labute approximate surface area is 170 Å². The summed E-state index contributed by atoms with van der Waals surface area (Å²) >= 11 is 3.64. The number of carbonyl (C=O) groups excluding carboxylic acids is 1. The average Bonchev–Trinajstić information content (AvgIpc) is 2.98. The molecule has 3 aromatic rings. The normalized spacial score (nSPS) is 10.8. The van der Waals surface area contributed by atoms with Crippen LogP contribution in [0.15, 0.2) is 41.8 Å². The Morgan fingerprint density at radius 3 is 2.50 bits per heavy atom. The van der Waals surface area contributed by atoms with Crippen molar-refractivity contribution in [3.8, 4) is 11.4 Å². The lowest BCUT2D eigenvalue weighted by Crippen LogP contribution is -2.16. The first-order chi connectivity index (χ1) is 12.5. The van der Waals surface area contributed by atoms with E-state index in [1.165, 1.54) is 11.8 Å². The Morgan fingerprint density at radius 2 is 1.85 bits per heavy atom. The smallest absolute Gasteiger partial charge is 0.234 e. The van der Waals surface area contributed by atoms with Crippen LogP contribution in [0.4, 0.5) is 5.69 Å². The second-order valence-corrected chi connectivity index (χ2v) is 8.04. The van der Waals surface area contributed by atoms with Crippen molar-refractivity contribution in [3.05, 3.63) is 51.4 Å². The SMILES string of the molecule is Cc1cc(I)cc(C)c1NC(=O)CSc1nnc(-c2ccncc2)n1C. The number of benzene rings is 1. The topological polar surface area (TPSA) is 72.7 Å². The number of anilines is 1. The van der Waals surface area contributed by atoms with E-state index in [1.807, 2.05) is 37.6 Å². The number of halogens is 1. The number of nitrogens with one attached hydrogen (secondary N) is 1. The van der Waals surface area contributed by atoms with Gasteiger partial charge in [0.05, 0.1) is 5.75 Å². The Balaban J connectivity index is 1.67. The van der Waals surface area contributed by atoms with Crippen molar-refractivity contribution in [1.29, 1.82) is 0 Å². The largest absolute Gasteiger partial charge is 0.325 e. The van der Waals surface area contributed by atoms with Gasteiger partial charge in [0.15, 0.2) is 11.0 Å². The number of nitrogens with zero attached hydrogens (tertiary/aromatic N) is 4. The van der Waals surface area contributed by atoms with Crippen LogP contribution in [0.2, 0.25) is 0 Å². The lowest BCUT2D eigenvalue weighted by atomic mass is 10.1. The monoisotopic (exact) mass is 479 g/mol. The molecule has 3 rings (SSSR count). The lowest BCUT2D eigenvalue weighted by molar-refractivity contribution is -0.113. The van der Waals surface area contributed by atoms with Crippen molar-refractivity contribution in [3.63, 3.8) is 0 Å². The maximum Gasteiger partial charge on any atom is 0.234 e. The third-order valence-corrected chi connectivity index (χ3v) is 5.51. The number of thioether (sulfide) groups is 1. The van der Waals surface area contributed by atoms with E-state index in [0.29, 0.717) is 5.16 Å². The minimum absolute atomic E-state index is 0.0594. The van der Waals surface area contributed by atoms with E-state index in [-0.39, 0.29) is 11.7 Å². The number of pyridine rings is 1. The molecule has 8 heteroatoms. The summed E-state index contributed by atoms with van der Waals surface area (Å²) < 4.78 is 3.04. The van der Waals surface area contributed by atoms with E-state index in [1.54, 1.807) is 12.4 Å². The van der Waals surface area contributed by atoms with E-state index in [0.717, 1.165) is 31.8 Å². The van der Waals surface area contributed by atoms with E-state index >= 15 is 0 Å². The van der Waals surface area contributed by atoms with Crippen LogP contribution < -0.4 is 5.32 Å². The second kappa shape index (κ2) is 8.17. The minimum atomic E-state index is -0.0594. The molecule has 0 aliphatic heterocycles. The fraction of sp³-hybridized carbons (Fsp3) is 0.222. The van der Waals surface area contributed by atoms with Gasteiger partial charge in [-0.05, 0) is 71.8 Å². The fourth-order valence-corrected chi connectivity index (χ4v) is 4.25. The summed E-state index contributed by atoms with van der Waals surface area (Å²) in [6.07, 6.45) is 3.44. The Hall–Kier alpha value is -1.94. The zero-order valence-electron chi connectivity index (χ0n) is 14.7. The van der Waals surface area contributed by atoms with Gasteiger partial charge in [0.2, 0.25) is 5.91 Å². The first-order valence-corrected chi connectivity index (χ1v) is 10.0. The molecule has 0 radical (unpaired) electrons. The quantitative estimate of drug-likeness (QED) is 0.445. The molecule has 0 unspecified atom stereocenters. The van der Waals surface area contributed by atoms with Crippen molar-refractivity contribution in [2.75, 3.05) is 11.1 Å². The summed E-state index contributed by atoms with van der Waals surface area (Å²) in [6, 6.07) is 7.88. The summed E-state index contributed by atoms with van der Waals surface area (Å²) in [7, 11) is 1.89. The molecule has 2 aromatic heterocycles. The van der Waals surface area contributed by atoms with Crippen LogP contribution >= 0.6 is 34.4 Å². The van der Waals surface area contributed by atoms with Gasteiger partial charge in [0.1, 0.15) is 0 Å². The third kappa shape index (κ3) is 4.24. The molecule has 6 nitrogen and oxygen atoms in total. The van der Waals surface area contributed by atoms with Crippen LogP contribution in [0.25, 0.3) is 11.4 Å².